The second-order valence-electron chi connectivity index (χ2n) is 6.09. The Kier molecular flexibility index (Phi) is 5.14. The predicted octanol–water partition coefficient (Wildman–Crippen LogP) is 4.25. The lowest BCUT2D eigenvalue weighted by Gasteiger charge is -2.33. The summed E-state index contributed by atoms with van der Waals surface area (Å²) in [5, 5.41) is 3.45. The Morgan fingerprint density at radius 3 is 2.48 bits per heavy atom. The third-order valence-corrected chi connectivity index (χ3v) is 3.91. The van der Waals surface area contributed by atoms with Gasteiger partial charge in [-0.15, -0.1) is 0 Å². The van der Waals surface area contributed by atoms with Crippen LogP contribution in [0.1, 0.15) is 38.2 Å². The highest BCUT2D eigenvalue weighted by molar-refractivity contribution is 5.47. The first-order valence-electron chi connectivity index (χ1n) is 7.49. The van der Waals surface area contributed by atoms with Crippen LogP contribution in [0, 0.1) is 0 Å². The zero-order chi connectivity index (χ0) is 15.5. The molecule has 1 fully saturated rings. The van der Waals surface area contributed by atoms with Gasteiger partial charge in [-0.2, -0.15) is 13.2 Å². The predicted molar refractivity (Wildman–Crippen MR) is 79.7 cm³/mol. The topological polar surface area (TPSA) is 15.3 Å². The summed E-state index contributed by atoms with van der Waals surface area (Å²) >= 11 is 0. The first kappa shape index (κ1) is 16.1. The van der Waals surface area contributed by atoms with E-state index < -0.39 is 12.7 Å². The SMILES string of the molecule is CC(C)c1cccc(NC2CCN(CC(F)(F)F)CC2)c1. The molecule has 21 heavy (non-hydrogen) atoms. The van der Waals surface area contributed by atoms with Crippen molar-refractivity contribution in [1.29, 1.82) is 0 Å². The molecule has 1 heterocycles. The highest BCUT2D eigenvalue weighted by atomic mass is 19.4. The van der Waals surface area contributed by atoms with Gasteiger partial charge in [0.15, 0.2) is 0 Å². The quantitative estimate of drug-likeness (QED) is 0.894. The van der Waals surface area contributed by atoms with Crippen LogP contribution in [0.15, 0.2) is 24.3 Å². The van der Waals surface area contributed by atoms with Gasteiger partial charge in [0.25, 0.3) is 0 Å². The number of likely N-dealkylation sites (tertiary alicyclic amines) is 1. The maximum absolute atomic E-state index is 12.3. The molecule has 1 aromatic carbocycles. The highest BCUT2D eigenvalue weighted by Crippen LogP contribution is 2.23. The molecule has 0 spiro atoms. The van der Waals surface area contributed by atoms with Gasteiger partial charge in [0.1, 0.15) is 0 Å². The molecule has 2 rings (SSSR count). The van der Waals surface area contributed by atoms with Gasteiger partial charge in [0.2, 0.25) is 0 Å². The number of halogens is 3. The fourth-order valence-corrected chi connectivity index (χ4v) is 2.71. The Labute approximate surface area is 124 Å². The van der Waals surface area contributed by atoms with E-state index >= 15 is 0 Å². The summed E-state index contributed by atoms with van der Waals surface area (Å²) in [6.07, 6.45) is -2.59. The molecule has 0 aliphatic carbocycles. The molecule has 1 aromatic rings. The summed E-state index contributed by atoms with van der Waals surface area (Å²) in [6, 6.07) is 8.54. The van der Waals surface area contributed by atoms with Crippen LogP contribution in [0.3, 0.4) is 0 Å². The number of alkyl halides is 3. The van der Waals surface area contributed by atoms with Crippen molar-refractivity contribution in [2.24, 2.45) is 0 Å². The van der Waals surface area contributed by atoms with Crippen LogP contribution < -0.4 is 5.32 Å². The van der Waals surface area contributed by atoms with Crippen molar-refractivity contribution in [3.63, 3.8) is 0 Å². The van der Waals surface area contributed by atoms with Crippen molar-refractivity contribution in [1.82, 2.24) is 4.90 Å². The van der Waals surface area contributed by atoms with Crippen LogP contribution in [0.5, 0.6) is 0 Å². The minimum absolute atomic E-state index is 0.261. The zero-order valence-electron chi connectivity index (χ0n) is 12.6. The number of nitrogens with one attached hydrogen (secondary N) is 1. The van der Waals surface area contributed by atoms with Crippen LogP contribution >= 0.6 is 0 Å². The third kappa shape index (κ3) is 5.23. The van der Waals surface area contributed by atoms with Crippen LogP contribution in [0.25, 0.3) is 0 Å². The van der Waals surface area contributed by atoms with Gasteiger partial charge >= 0.3 is 6.18 Å². The number of hydrogen-bond acceptors (Lipinski definition) is 2. The second kappa shape index (κ2) is 6.69. The van der Waals surface area contributed by atoms with Crippen molar-refractivity contribution in [2.45, 2.75) is 44.8 Å². The van der Waals surface area contributed by atoms with Gasteiger partial charge in [0.05, 0.1) is 6.54 Å². The molecule has 0 bridgehead atoms. The molecule has 0 amide bonds. The lowest BCUT2D eigenvalue weighted by molar-refractivity contribution is -0.147. The summed E-state index contributed by atoms with van der Waals surface area (Å²) in [5.41, 5.74) is 2.34. The number of anilines is 1. The molecule has 1 aliphatic rings. The molecule has 1 N–H and O–H groups in total. The van der Waals surface area contributed by atoms with E-state index in [2.05, 4.69) is 31.3 Å². The van der Waals surface area contributed by atoms with Crippen molar-refractivity contribution in [2.75, 3.05) is 25.0 Å². The normalized spacial score (nSPS) is 18.2. The highest BCUT2D eigenvalue weighted by Gasteiger charge is 2.32. The molecule has 0 saturated carbocycles. The molecule has 0 atom stereocenters. The Morgan fingerprint density at radius 2 is 1.90 bits per heavy atom. The summed E-state index contributed by atoms with van der Waals surface area (Å²) in [6.45, 7) is 4.51. The molecular formula is C16H23F3N2. The molecule has 2 nitrogen and oxygen atoms in total. The smallest absolute Gasteiger partial charge is 0.382 e. The molecule has 1 aliphatic heterocycles. The van der Waals surface area contributed by atoms with Gasteiger partial charge in [-0.05, 0) is 36.5 Å². The Hall–Kier alpha value is -1.23. The van der Waals surface area contributed by atoms with Crippen molar-refractivity contribution >= 4 is 5.69 Å². The summed E-state index contributed by atoms with van der Waals surface area (Å²) in [4.78, 5) is 1.49. The third-order valence-electron chi connectivity index (χ3n) is 3.91. The van der Waals surface area contributed by atoms with E-state index in [1.807, 2.05) is 12.1 Å². The fourth-order valence-electron chi connectivity index (χ4n) is 2.71. The lowest BCUT2D eigenvalue weighted by atomic mass is 10.0. The Bertz CT molecular complexity index is 449. The van der Waals surface area contributed by atoms with E-state index in [0.29, 0.717) is 19.0 Å². The largest absolute Gasteiger partial charge is 0.401 e. The van der Waals surface area contributed by atoms with Crippen LogP contribution in [-0.2, 0) is 0 Å². The van der Waals surface area contributed by atoms with Gasteiger partial charge < -0.3 is 5.32 Å². The van der Waals surface area contributed by atoms with Crippen molar-refractivity contribution < 1.29 is 13.2 Å². The standard InChI is InChI=1S/C16H23F3N2/c1-12(2)13-4-3-5-15(10-13)20-14-6-8-21(9-7-14)11-16(17,18)19/h3-5,10,12,14,20H,6-9,11H2,1-2H3. The molecule has 0 unspecified atom stereocenters. The van der Waals surface area contributed by atoms with E-state index in [1.54, 1.807) is 0 Å². The summed E-state index contributed by atoms with van der Waals surface area (Å²) in [5.74, 6) is 0.473. The molecular weight excluding hydrogens is 277 g/mol. The van der Waals surface area contributed by atoms with Crippen LogP contribution in [0.2, 0.25) is 0 Å². The number of piperidine rings is 1. The van der Waals surface area contributed by atoms with Crippen molar-refractivity contribution in [3.05, 3.63) is 29.8 Å². The Balaban J connectivity index is 1.85. The fraction of sp³-hybridized carbons (Fsp3) is 0.625. The average molecular weight is 300 g/mol. The monoisotopic (exact) mass is 300 g/mol. The van der Waals surface area contributed by atoms with Crippen molar-refractivity contribution in [3.8, 4) is 0 Å². The number of hydrogen-bond donors (Lipinski definition) is 1. The molecule has 0 radical (unpaired) electrons. The first-order valence-corrected chi connectivity index (χ1v) is 7.49. The van der Waals surface area contributed by atoms with Gasteiger partial charge in [-0.1, -0.05) is 26.0 Å². The first-order chi connectivity index (χ1) is 9.83. The second-order valence-corrected chi connectivity index (χ2v) is 6.09. The van der Waals surface area contributed by atoms with E-state index in [4.69, 9.17) is 0 Å². The van der Waals surface area contributed by atoms with E-state index in [1.165, 1.54) is 10.5 Å². The number of nitrogens with zero attached hydrogens (tertiary/aromatic N) is 1. The number of rotatable bonds is 4. The minimum atomic E-state index is -4.09. The molecule has 1 saturated heterocycles. The zero-order valence-corrected chi connectivity index (χ0v) is 12.6. The summed E-state index contributed by atoms with van der Waals surface area (Å²) < 4.78 is 37.0. The van der Waals surface area contributed by atoms with E-state index in [0.717, 1.165) is 18.5 Å². The molecule has 118 valence electrons. The van der Waals surface area contributed by atoms with Gasteiger partial charge in [-0.3, -0.25) is 4.90 Å². The maximum atomic E-state index is 12.3. The molecule has 5 heteroatoms. The maximum Gasteiger partial charge on any atom is 0.401 e. The lowest BCUT2D eigenvalue weighted by Crippen LogP contribution is -2.43. The molecule has 0 aromatic heterocycles. The van der Waals surface area contributed by atoms with Crippen LogP contribution in [-0.4, -0.2) is 36.8 Å². The van der Waals surface area contributed by atoms with Gasteiger partial charge in [-0.25, -0.2) is 0 Å². The number of benzene rings is 1. The van der Waals surface area contributed by atoms with E-state index in [9.17, 15) is 13.2 Å². The van der Waals surface area contributed by atoms with Gasteiger partial charge in [0, 0.05) is 24.8 Å². The van der Waals surface area contributed by atoms with Crippen LogP contribution in [0.4, 0.5) is 18.9 Å². The van der Waals surface area contributed by atoms with E-state index in [-0.39, 0.29) is 6.04 Å². The average Bonchev–Trinajstić information content (AvgIpc) is 2.40. The Morgan fingerprint density at radius 1 is 1.24 bits per heavy atom. The minimum Gasteiger partial charge on any atom is -0.382 e. The summed E-state index contributed by atoms with van der Waals surface area (Å²) in [7, 11) is 0.